The number of hydrogen-bond acceptors (Lipinski definition) is 1. The standard InChI is InChI=1S/C7H6O2.C6H13.Na/c8-7(9)6-4-2-1-3-5-6;1-3-5-6-4-2;/h1-5H,(H,8,9);1,3-6H2,2H3;. The largest absolute Gasteiger partial charge is 0.478 e. The Kier molecular flexibility index (Phi) is 11.0. The van der Waals surface area contributed by atoms with Gasteiger partial charge in [-0.05, 0) is 12.1 Å². The number of benzene rings is 1. The number of carboxylic acid groups (broad SMARTS) is 1. The van der Waals surface area contributed by atoms with E-state index in [9.17, 15) is 4.79 Å². The van der Waals surface area contributed by atoms with Crippen molar-refractivity contribution >= 4 is 33.9 Å². The number of rotatable bonds is 5. The molecule has 0 fully saturated rings. The minimum atomic E-state index is -0.879. The minimum absolute atomic E-state index is 0.331. The molecule has 0 aliphatic heterocycles. The molecule has 0 spiro atoms. The third-order valence-corrected chi connectivity index (χ3v) is 2.93. The van der Waals surface area contributed by atoms with Crippen LogP contribution in [-0.2, 0) is 0 Å². The molecule has 1 rings (SSSR count). The molecule has 0 amide bonds. The first-order valence-corrected chi connectivity index (χ1v) is 7.42. The van der Waals surface area contributed by atoms with Crippen LogP contribution in [0.15, 0.2) is 30.3 Å². The van der Waals surface area contributed by atoms with E-state index >= 15 is 0 Å². The van der Waals surface area contributed by atoms with Crippen LogP contribution in [0.25, 0.3) is 0 Å². The topological polar surface area (TPSA) is 37.3 Å². The number of carbonyl (C=O) groups is 1. The fourth-order valence-corrected chi connectivity index (χ4v) is 1.76. The third kappa shape index (κ3) is 8.96. The fraction of sp³-hybridized carbons (Fsp3) is 0.462. The summed E-state index contributed by atoms with van der Waals surface area (Å²) in [5, 5.41) is 8.38. The Labute approximate surface area is 115 Å². The molecule has 1 aromatic rings. The normalized spacial score (nSPS) is 9.19. The van der Waals surface area contributed by atoms with Gasteiger partial charge in [-0.2, -0.15) is 0 Å². The van der Waals surface area contributed by atoms with Gasteiger partial charge in [-0.25, -0.2) is 4.79 Å². The van der Waals surface area contributed by atoms with Gasteiger partial charge in [-0.1, -0.05) is 18.2 Å². The van der Waals surface area contributed by atoms with Crippen molar-refractivity contribution in [2.24, 2.45) is 0 Å². The smallest absolute Gasteiger partial charge is 0.335 e. The number of aromatic carboxylic acids is 1. The second-order valence-electron chi connectivity index (χ2n) is 3.73. The van der Waals surface area contributed by atoms with Gasteiger partial charge in [0.25, 0.3) is 0 Å². The molecule has 0 saturated heterocycles. The van der Waals surface area contributed by atoms with Crippen LogP contribution in [0.1, 0.15) is 43.0 Å². The summed E-state index contributed by atoms with van der Waals surface area (Å²) in [7, 11) is 0. The summed E-state index contributed by atoms with van der Waals surface area (Å²) < 4.78 is 1.50. The van der Waals surface area contributed by atoms with Gasteiger partial charge in [0.1, 0.15) is 0 Å². The van der Waals surface area contributed by atoms with Crippen LogP contribution in [0.3, 0.4) is 0 Å². The van der Waals surface area contributed by atoms with Gasteiger partial charge in [0.05, 0.1) is 5.56 Å². The predicted octanol–water partition coefficient (Wildman–Crippen LogP) is 3.54. The average Bonchev–Trinajstić information content (AvgIpc) is 2.32. The average molecular weight is 230 g/mol. The molecule has 0 radical (unpaired) electrons. The molecule has 0 aliphatic rings. The van der Waals surface area contributed by atoms with Gasteiger partial charge in [-0.3, -0.25) is 0 Å². The van der Waals surface area contributed by atoms with Crippen LogP contribution in [0.4, 0.5) is 0 Å². The molecule has 0 saturated carbocycles. The molecule has 0 bridgehead atoms. The van der Waals surface area contributed by atoms with Gasteiger partial charge in [0.2, 0.25) is 0 Å². The molecule has 1 aromatic carbocycles. The summed E-state index contributed by atoms with van der Waals surface area (Å²) >= 11 is 1.41. The SMILES string of the molecule is CCCCC[CH2][Na].O=C(O)c1ccccc1. The van der Waals surface area contributed by atoms with Crippen molar-refractivity contribution in [2.45, 2.75) is 36.3 Å². The van der Waals surface area contributed by atoms with E-state index in [1.807, 2.05) is 0 Å². The molecule has 0 aromatic heterocycles. The molecule has 3 heteroatoms. The summed E-state index contributed by atoms with van der Waals surface area (Å²) in [5.41, 5.74) is 0.331. The van der Waals surface area contributed by atoms with E-state index in [2.05, 4.69) is 6.92 Å². The van der Waals surface area contributed by atoms with Gasteiger partial charge >= 0.3 is 70.2 Å². The number of unbranched alkanes of at least 4 members (excludes halogenated alkanes) is 3. The van der Waals surface area contributed by atoms with Crippen LogP contribution < -0.4 is 0 Å². The molecule has 0 unspecified atom stereocenters. The molecule has 16 heavy (non-hydrogen) atoms. The maximum atomic E-state index is 10.2. The van der Waals surface area contributed by atoms with Gasteiger partial charge in [0.15, 0.2) is 0 Å². The van der Waals surface area contributed by atoms with Crippen LogP contribution in [-0.4, -0.2) is 39.0 Å². The zero-order chi connectivity index (χ0) is 12.2. The van der Waals surface area contributed by atoms with Crippen LogP contribution in [0, 0.1) is 0 Å². The first-order valence-electron chi connectivity index (χ1n) is 6.00. The molecule has 0 heterocycles. The number of hydrogen-bond donors (Lipinski definition) is 1. The van der Waals surface area contributed by atoms with E-state index in [4.69, 9.17) is 5.11 Å². The van der Waals surface area contributed by atoms with Gasteiger partial charge in [0, 0.05) is 0 Å². The molecular formula is C13H19NaO2. The van der Waals surface area contributed by atoms with Crippen molar-refractivity contribution < 1.29 is 9.90 Å². The Morgan fingerprint density at radius 1 is 1.19 bits per heavy atom. The van der Waals surface area contributed by atoms with E-state index in [0.29, 0.717) is 5.56 Å². The maximum Gasteiger partial charge on any atom is 0.335 e. The van der Waals surface area contributed by atoms with Gasteiger partial charge in [-0.15, -0.1) is 0 Å². The van der Waals surface area contributed by atoms with E-state index in [1.165, 1.54) is 57.3 Å². The Balaban J connectivity index is 0.000000293. The molecule has 0 atom stereocenters. The van der Waals surface area contributed by atoms with Crippen molar-refractivity contribution in [1.82, 2.24) is 0 Å². The van der Waals surface area contributed by atoms with Crippen LogP contribution >= 0.6 is 0 Å². The first-order chi connectivity index (χ1) is 7.72. The van der Waals surface area contributed by atoms with E-state index in [0.717, 1.165) is 0 Å². The Morgan fingerprint density at radius 2 is 1.81 bits per heavy atom. The predicted molar refractivity (Wildman–Crippen MR) is 68.1 cm³/mol. The maximum absolute atomic E-state index is 10.2. The summed E-state index contributed by atoms with van der Waals surface area (Å²) in [6.45, 7) is 2.26. The Morgan fingerprint density at radius 3 is 2.19 bits per heavy atom. The van der Waals surface area contributed by atoms with Crippen LogP contribution in [0.2, 0.25) is 3.67 Å². The van der Waals surface area contributed by atoms with E-state index < -0.39 is 5.97 Å². The second kappa shape index (κ2) is 11.2. The molecule has 84 valence electrons. The Bertz CT molecular complexity index is 269. The summed E-state index contributed by atoms with van der Waals surface area (Å²) in [6.07, 6.45) is 5.78. The number of carboxylic acids is 1. The molecular weight excluding hydrogens is 211 g/mol. The monoisotopic (exact) mass is 230 g/mol. The quantitative estimate of drug-likeness (QED) is 0.620. The zero-order valence-electron chi connectivity index (χ0n) is 10.3. The second-order valence-corrected chi connectivity index (χ2v) is 4.73. The Hall–Kier alpha value is -0.310. The van der Waals surface area contributed by atoms with Gasteiger partial charge < -0.3 is 5.11 Å². The first kappa shape index (κ1) is 15.7. The van der Waals surface area contributed by atoms with Crippen molar-refractivity contribution in [3.8, 4) is 0 Å². The van der Waals surface area contributed by atoms with Crippen molar-refractivity contribution in [3.63, 3.8) is 0 Å². The summed E-state index contributed by atoms with van der Waals surface area (Å²) in [6, 6.07) is 8.30. The van der Waals surface area contributed by atoms with E-state index in [-0.39, 0.29) is 0 Å². The summed E-state index contributed by atoms with van der Waals surface area (Å²) in [4.78, 5) is 10.2. The van der Waals surface area contributed by atoms with Crippen LogP contribution in [0.5, 0.6) is 0 Å². The summed E-state index contributed by atoms with van der Waals surface area (Å²) in [5.74, 6) is -0.879. The van der Waals surface area contributed by atoms with Crippen molar-refractivity contribution in [3.05, 3.63) is 35.9 Å². The molecule has 0 aliphatic carbocycles. The molecule has 1 N–H and O–H groups in total. The minimum Gasteiger partial charge on any atom is -0.478 e. The van der Waals surface area contributed by atoms with Crippen molar-refractivity contribution in [2.75, 3.05) is 0 Å². The fourth-order valence-electron chi connectivity index (χ4n) is 1.26. The third-order valence-electron chi connectivity index (χ3n) is 2.23. The molecule has 2 nitrogen and oxygen atoms in total. The zero-order valence-corrected chi connectivity index (χ0v) is 12.3. The van der Waals surface area contributed by atoms with Crippen molar-refractivity contribution in [1.29, 1.82) is 0 Å². The van der Waals surface area contributed by atoms with E-state index in [1.54, 1.807) is 30.3 Å².